The molecule has 0 bridgehead atoms. The quantitative estimate of drug-likeness (QED) is 0.671. The lowest BCUT2D eigenvalue weighted by Crippen LogP contribution is -2.50. The van der Waals surface area contributed by atoms with Crippen molar-refractivity contribution in [1.29, 1.82) is 0 Å². The van der Waals surface area contributed by atoms with Crippen molar-refractivity contribution in [2.24, 2.45) is 5.92 Å². The lowest BCUT2D eigenvalue weighted by Gasteiger charge is -2.35. The van der Waals surface area contributed by atoms with Crippen molar-refractivity contribution in [1.82, 2.24) is 9.21 Å². The van der Waals surface area contributed by atoms with Crippen LogP contribution < -0.4 is 0 Å². The van der Waals surface area contributed by atoms with Gasteiger partial charge in [-0.15, -0.1) is 0 Å². The summed E-state index contributed by atoms with van der Waals surface area (Å²) < 4.78 is 24.0. The summed E-state index contributed by atoms with van der Waals surface area (Å²) in [5.74, 6) is 0.352. The van der Waals surface area contributed by atoms with Crippen LogP contribution in [-0.4, -0.2) is 55.0 Å². The molecule has 0 N–H and O–H groups in total. The van der Waals surface area contributed by atoms with E-state index >= 15 is 0 Å². The van der Waals surface area contributed by atoms with Gasteiger partial charge in [-0.05, 0) is 0 Å². The molecule has 0 aliphatic carbocycles. The largest absolute Gasteiger partial charge is 0.363 e. The second-order valence-corrected chi connectivity index (χ2v) is 6.54. The molecule has 1 saturated heterocycles. The summed E-state index contributed by atoms with van der Waals surface area (Å²) in [5, 5.41) is 0. The van der Waals surface area contributed by atoms with Gasteiger partial charge in [0.15, 0.2) is 0 Å². The Morgan fingerprint density at radius 1 is 1.20 bits per heavy atom. The molecule has 0 unspecified atom stereocenters. The van der Waals surface area contributed by atoms with Crippen LogP contribution in [0.3, 0.4) is 0 Å². The lowest BCUT2D eigenvalue weighted by atomic mass is 10.2. The first-order valence-electron chi connectivity index (χ1n) is 5.06. The number of thiocarbonyl (C=S) groups is 1. The lowest BCUT2D eigenvalue weighted by molar-refractivity contribution is 0.264. The Bertz CT molecular complexity index is 330. The standard InChI is InChI=1S/C9H18N2O2S2/c1-8(2)9(14)10-4-6-11(7-5-10)15(3,12)13/h8H,4-7H2,1-3H3. The zero-order valence-corrected chi connectivity index (χ0v) is 11.1. The van der Waals surface area contributed by atoms with Gasteiger partial charge in [-0.3, -0.25) is 0 Å². The minimum atomic E-state index is -3.03. The molecule has 0 aromatic rings. The molecule has 6 heteroatoms. The van der Waals surface area contributed by atoms with Gasteiger partial charge in [0, 0.05) is 32.1 Å². The van der Waals surface area contributed by atoms with Gasteiger partial charge in [-0.2, -0.15) is 4.31 Å². The third-order valence-corrected chi connectivity index (χ3v) is 4.55. The molecule has 0 saturated carbocycles. The van der Waals surface area contributed by atoms with Crippen LogP contribution in [0.2, 0.25) is 0 Å². The van der Waals surface area contributed by atoms with Crippen LogP contribution in [0.1, 0.15) is 13.8 Å². The van der Waals surface area contributed by atoms with E-state index in [0.717, 1.165) is 4.99 Å². The molecule has 0 spiro atoms. The smallest absolute Gasteiger partial charge is 0.211 e. The first-order chi connectivity index (χ1) is 6.82. The van der Waals surface area contributed by atoms with Crippen molar-refractivity contribution in [2.75, 3.05) is 32.4 Å². The summed E-state index contributed by atoms with van der Waals surface area (Å²) in [6, 6.07) is 0. The molecule has 0 amide bonds. The summed E-state index contributed by atoms with van der Waals surface area (Å²) in [5.41, 5.74) is 0. The second-order valence-electron chi connectivity index (χ2n) is 4.14. The first kappa shape index (κ1) is 12.9. The molecule has 0 radical (unpaired) electrons. The van der Waals surface area contributed by atoms with E-state index in [1.165, 1.54) is 10.6 Å². The highest BCUT2D eigenvalue weighted by molar-refractivity contribution is 7.88. The third kappa shape index (κ3) is 3.39. The van der Waals surface area contributed by atoms with Crippen molar-refractivity contribution in [3.05, 3.63) is 0 Å². The molecular formula is C9H18N2O2S2. The SMILES string of the molecule is CC(C)C(=S)N1CCN(S(C)(=O)=O)CC1. The Kier molecular flexibility index (Phi) is 4.08. The minimum Gasteiger partial charge on any atom is -0.363 e. The summed E-state index contributed by atoms with van der Waals surface area (Å²) >= 11 is 5.29. The summed E-state index contributed by atoms with van der Waals surface area (Å²) in [7, 11) is -3.03. The molecule has 88 valence electrons. The van der Waals surface area contributed by atoms with E-state index in [4.69, 9.17) is 12.2 Å². The van der Waals surface area contributed by atoms with Crippen molar-refractivity contribution >= 4 is 27.2 Å². The first-order valence-corrected chi connectivity index (χ1v) is 7.32. The van der Waals surface area contributed by atoms with Gasteiger partial charge in [0.1, 0.15) is 0 Å². The van der Waals surface area contributed by atoms with E-state index in [0.29, 0.717) is 32.1 Å². The Morgan fingerprint density at radius 2 is 1.67 bits per heavy atom. The van der Waals surface area contributed by atoms with Crippen LogP contribution in [-0.2, 0) is 10.0 Å². The Hall–Kier alpha value is -0.200. The number of piperazine rings is 1. The molecular weight excluding hydrogens is 232 g/mol. The van der Waals surface area contributed by atoms with Gasteiger partial charge in [0.25, 0.3) is 0 Å². The zero-order chi connectivity index (χ0) is 11.6. The van der Waals surface area contributed by atoms with Crippen LogP contribution in [0, 0.1) is 5.92 Å². The van der Waals surface area contributed by atoms with Crippen molar-refractivity contribution in [3.8, 4) is 0 Å². The van der Waals surface area contributed by atoms with Gasteiger partial charge < -0.3 is 4.90 Å². The molecule has 1 rings (SSSR count). The minimum absolute atomic E-state index is 0.352. The Labute approximate surface area is 97.3 Å². The summed E-state index contributed by atoms with van der Waals surface area (Å²) in [6.07, 6.45) is 1.25. The van der Waals surface area contributed by atoms with Gasteiger partial charge in [-0.25, -0.2) is 8.42 Å². The maximum absolute atomic E-state index is 11.3. The summed E-state index contributed by atoms with van der Waals surface area (Å²) in [6.45, 7) is 6.64. The predicted octanol–water partition coefficient (Wildman–Crippen LogP) is 0.547. The van der Waals surface area contributed by atoms with Crippen molar-refractivity contribution < 1.29 is 8.42 Å². The van der Waals surface area contributed by atoms with Gasteiger partial charge in [0.2, 0.25) is 10.0 Å². The topological polar surface area (TPSA) is 40.6 Å². The van der Waals surface area contributed by atoms with Gasteiger partial charge in [-0.1, -0.05) is 26.1 Å². The molecule has 1 aliphatic heterocycles. The Balaban J connectivity index is 2.53. The van der Waals surface area contributed by atoms with Crippen LogP contribution >= 0.6 is 12.2 Å². The fourth-order valence-corrected chi connectivity index (χ4v) is 2.61. The van der Waals surface area contributed by atoms with Crippen LogP contribution in [0.4, 0.5) is 0 Å². The highest BCUT2D eigenvalue weighted by atomic mass is 32.2. The fourth-order valence-electron chi connectivity index (χ4n) is 1.61. The van der Waals surface area contributed by atoms with Gasteiger partial charge in [0.05, 0.1) is 11.2 Å². The van der Waals surface area contributed by atoms with E-state index in [1.807, 2.05) is 0 Å². The molecule has 4 nitrogen and oxygen atoms in total. The van der Waals surface area contributed by atoms with Gasteiger partial charge >= 0.3 is 0 Å². The van der Waals surface area contributed by atoms with Crippen LogP contribution in [0.15, 0.2) is 0 Å². The summed E-state index contributed by atoms with van der Waals surface area (Å²) in [4.78, 5) is 3.03. The second kappa shape index (κ2) is 4.76. The maximum atomic E-state index is 11.3. The van der Waals surface area contributed by atoms with E-state index in [-0.39, 0.29) is 0 Å². The highest BCUT2D eigenvalue weighted by Crippen LogP contribution is 2.10. The number of sulfonamides is 1. The average Bonchev–Trinajstić information content (AvgIpc) is 2.15. The van der Waals surface area contributed by atoms with Crippen molar-refractivity contribution in [3.63, 3.8) is 0 Å². The highest BCUT2D eigenvalue weighted by Gasteiger charge is 2.24. The predicted molar refractivity (Wildman–Crippen MR) is 65.4 cm³/mol. The van der Waals surface area contributed by atoms with E-state index in [2.05, 4.69) is 18.7 Å². The zero-order valence-electron chi connectivity index (χ0n) is 9.43. The average molecular weight is 250 g/mol. The molecule has 1 heterocycles. The van der Waals surface area contributed by atoms with Crippen LogP contribution in [0.25, 0.3) is 0 Å². The molecule has 1 fully saturated rings. The maximum Gasteiger partial charge on any atom is 0.211 e. The van der Waals surface area contributed by atoms with Crippen LogP contribution in [0.5, 0.6) is 0 Å². The number of hydrogen-bond donors (Lipinski definition) is 0. The molecule has 0 aromatic heterocycles. The number of rotatable bonds is 2. The van der Waals surface area contributed by atoms with E-state index in [9.17, 15) is 8.42 Å². The van der Waals surface area contributed by atoms with E-state index < -0.39 is 10.0 Å². The third-order valence-electron chi connectivity index (χ3n) is 2.51. The monoisotopic (exact) mass is 250 g/mol. The normalized spacial score (nSPS) is 19.6. The molecule has 0 atom stereocenters. The Morgan fingerprint density at radius 3 is 2.00 bits per heavy atom. The molecule has 15 heavy (non-hydrogen) atoms. The van der Waals surface area contributed by atoms with E-state index in [1.54, 1.807) is 0 Å². The fraction of sp³-hybridized carbons (Fsp3) is 0.889. The molecule has 0 aromatic carbocycles. The number of nitrogens with zero attached hydrogens (tertiary/aromatic N) is 2. The molecule has 1 aliphatic rings. The van der Waals surface area contributed by atoms with Crippen molar-refractivity contribution in [2.45, 2.75) is 13.8 Å². The number of hydrogen-bond acceptors (Lipinski definition) is 3.